The summed E-state index contributed by atoms with van der Waals surface area (Å²) in [6.07, 6.45) is 1.26. The van der Waals surface area contributed by atoms with Crippen LogP contribution in [-0.4, -0.2) is 31.6 Å². The van der Waals surface area contributed by atoms with Gasteiger partial charge in [-0.05, 0) is 42.5 Å². The van der Waals surface area contributed by atoms with Gasteiger partial charge in [-0.15, -0.1) is 0 Å². The molecular weight excluding hydrogens is 272 g/mol. The molecule has 0 aromatic heterocycles. The van der Waals surface area contributed by atoms with Gasteiger partial charge >= 0.3 is 0 Å². The molecule has 20 heavy (non-hydrogen) atoms. The molecule has 0 radical (unpaired) electrons. The molecule has 1 aromatic rings. The number of ether oxygens (including phenoxy) is 1. The molecule has 1 saturated heterocycles. The SMILES string of the molecule is COc1ccc(C(CN)N2CCC(C(C)C)C2)cc1Cl. The maximum Gasteiger partial charge on any atom is 0.137 e. The van der Waals surface area contributed by atoms with E-state index >= 15 is 0 Å². The smallest absolute Gasteiger partial charge is 0.137 e. The zero-order valence-corrected chi connectivity index (χ0v) is 13.4. The maximum absolute atomic E-state index is 6.23. The van der Waals surface area contributed by atoms with Gasteiger partial charge in [0.2, 0.25) is 0 Å². The van der Waals surface area contributed by atoms with Crippen molar-refractivity contribution in [3.05, 3.63) is 28.8 Å². The Morgan fingerprint density at radius 1 is 1.45 bits per heavy atom. The standard InChI is InChI=1S/C16H25ClN2O/c1-11(2)13-6-7-19(10-13)15(9-18)12-4-5-16(20-3)14(17)8-12/h4-5,8,11,13,15H,6-7,9-10,18H2,1-3H3. The molecule has 112 valence electrons. The van der Waals surface area contributed by atoms with Crippen LogP contribution in [0.15, 0.2) is 18.2 Å². The number of hydrogen-bond acceptors (Lipinski definition) is 3. The van der Waals surface area contributed by atoms with Crippen LogP contribution in [0.4, 0.5) is 0 Å². The van der Waals surface area contributed by atoms with E-state index in [2.05, 4.69) is 24.8 Å². The molecule has 1 heterocycles. The first-order valence-electron chi connectivity index (χ1n) is 7.34. The Bertz CT molecular complexity index is 450. The van der Waals surface area contributed by atoms with Gasteiger partial charge in [0.1, 0.15) is 5.75 Å². The van der Waals surface area contributed by atoms with Gasteiger partial charge in [0.05, 0.1) is 12.1 Å². The van der Waals surface area contributed by atoms with Crippen LogP contribution in [0.3, 0.4) is 0 Å². The number of hydrogen-bond donors (Lipinski definition) is 1. The molecule has 2 atom stereocenters. The van der Waals surface area contributed by atoms with Crippen molar-refractivity contribution >= 4 is 11.6 Å². The highest BCUT2D eigenvalue weighted by Gasteiger charge is 2.30. The van der Waals surface area contributed by atoms with E-state index in [1.807, 2.05) is 12.1 Å². The number of likely N-dealkylation sites (tertiary alicyclic amines) is 1. The monoisotopic (exact) mass is 296 g/mol. The number of rotatable bonds is 5. The van der Waals surface area contributed by atoms with Crippen LogP contribution in [0.25, 0.3) is 0 Å². The fourth-order valence-electron chi connectivity index (χ4n) is 3.03. The molecule has 2 N–H and O–H groups in total. The van der Waals surface area contributed by atoms with Crippen molar-refractivity contribution < 1.29 is 4.74 Å². The van der Waals surface area contributed by atoms with E-state index in [1.54, 1.807) is 7.11 Å². The Kier molecular flexibility index (Phi) is 5.30. The number of benzene rings is 1. The molecule has 0 bridgehead atoms. The van der Waals surface area contributed by atoms with Crippen molar-refractivity contribution in [2.24, 2.45) is 17.6 Å². The number of nitrogens with two attached hydrogens (primary N) is 1. The normalized spacial score (nSPS) is 21.4. The predicted molar refractivity (Wildman–Crippen MR) is 84.3 cm³/mol. The summed E-state index contributed by atoms with van der Waals surface area (Å²) in [6, 6.07) is 6.24. The van der Waals surface area contributed by atoms with E-state index in [9.17, 15) is 0 Å². The predicted octanol–water partition coefficient (Wildman–Crippen LogP) is 3.33. The van der Waals surface area contributed by atoms with Crippen LogP contribution >= 0.6 is 11.6 Å². The van der Waals surface area contributed by atoms with Gasteiger partial charge in [-0.1, -0.05) is 31.5 Å². The van der Waals surface area contributed by atoms with E-state index < -0.39 is 0 Å². The van der Waals surface area contributed by atoms with Gasteiger partial charge in [0.15, 0.2) is 0 Å². The minimum absolute atomic E-state index is 0.252. The van der Waals surface area contributed by atoms with Crippen LogP contribution in [0.5, 0.6) is 5.75 Å². The van der Waals surface area contributed by atoms with Crippen molar-refractivity contribution in [3.8, 4) is 5.75 Å². The van der Waals surface area contributed by atoms with E-state index in [1.165, 1.54) is 12.0 Å². The molecule has 3 nitrogen and oxygen atoms in total. The molecule has 2 unspecified atom stereocenters. The lowest BCUT2D eigenvalue weighted by Gasteiger charge is -2.28. The van der Waals surface area contributed by atoms with Gasteiger partial charge in [-0.3, -0.25) is 4.90 Å². The molecule has 2 rings (SSSR count). The van der Waals surface area contributed by atoms with Gasteiger partial charge in [-0.2, -0.15) is 0 Å². The molecular formula is C16H25ClN2O. The van der Waals surface area contributed by atoms with Crippen molar-refractivity contribution in [3.63, 3.8) is 0 Å². The highest BCUT2D eigenvalue weighted by atomic mass is 35.5. The second kappa shape index (κ2) is 6.79. The largest absolute Gasteiger partial charge is 0.495 e. The quantitative estimate of drug-likeness (QED) is 0.906. The molecule has 0 saturated carbocycles. The Hall–Kier alpha value is -0.770. The third kappa shape index (κ3) is 3.27. The fourth-order valence-corrected chi connectivity index (χ4v) is 3.29. The van der Waals surface area contributed by atoms with Crippen LogP contribution in [0, 0.1) is 11.8 Å². The Labute approximate surface area is 127 Å². The first kappa shape index (κ1) is 15.6. The summed E-state index contributed by atoms with van der Waals surface area (Å²) >= 11 is 6.23. The highest BCUT2D eigenvalue weighted by Crippen LogP contribution is 2.33. The average molecular weight is 297 g/mol. The minimum Gasteiger partial charge on any atom is -0.495 e. The second-order valence-electron chi connectivity index (χ2n) is 5.93. The molecule has 1 fully saturated rings. The molecule has 0 spiro atoms. The van der Waals surface area contributed by atoms with Gasteiger partial charge in [0.25, 0.3) is 0 Å². The maximum atomic E-state index is 6.23. The number of nitrogens with zero attached hydrogens (tertiary/aromatic N) is 1. The lowest BCUT2D eigenvalue weighted by molar-refractivity contribution is 0.232. The Morgan fingerprint density at radius 2 is 2.20 bits per heavy atom. The zero-order chi connectivity index (χ0) is 14.7. The number of methoxy groups -OCH3 is 1. The molecule has 1 aliphatic heterocycles. The van der Waals surface area contributed by atoms with Crippen LogP contribution in [0.2, 0.25) is 5.02 Å². The summed E-state index contributed by atoms with van der Waals surface area (Å²) < 4.78 is 5.21. The fraction of sp³-hybridized carbons (Fsp3) is 0.625. The van der Waals surface area contributed by atoms with Crippen LogP contribution < -0.4 is 10.5 Å². The Morgan fingerprint density at radius 3 is 2.70 bits per heavy atom. The summed E-state index contributed by atoms with van der Waals surface area (Å²) in [5.41, 5.74) is 7.19. The van der Waals surface area contributed by atoms with E-state index in [-0.39, 0.29) is 6.04 Å². The molecule has 4 heteroatoms. The summed E-state index contributed by atoms with van der Waals surface area (Å²) in [5.74, 6) is 2.23. The van der Waals surface area contributed by atoms with Gasteiger partial charge in [-0.25, -0.2) is 0 Å². The van der Waals surface area contributed by atoms with E-state index in [4.69, 9.17) is 22.1 Å². The van der Waals surface area contributed by atoms with Crippen LogP contribution in [0.1, 0.15) is 31.9 Å². The molecule has 1 aliphatic rings. The van der Waals surface area contributed by atoms with E-state index in [0.717, 1.165) is 24.9 Å². The minimum atomic E-state index is 0.252. The molecule has 0 amide bonds. The van der Waals surface area contributed by atoms with Crippen molar-refractivity contribution in [2.75, 3.05) is 26.7 Å². The summed E-state index contributed by atoms with van der Waals surface area (Å²) in [5, 5.41) is 0.656. The van der Waals surface area contributed by atoms with Crippen molar-refractivity contribution in [2.45, 2.75) is 26.3 Å². The molecule has 1 aromatic carbocycles. The first-order chi connectivity index (χ1) is 9.56. The first-order valence-corrected chi connectivity index (χ1v) is 7.72. The third-order valence-corrected chi connectivity index (χ3v) is 4.72. The Balaban J connectivity index is 2.14. The lowest BCUT2D eigenvalue weighted by atomic mass is 9.95. The second-order valence-corrected chi connectivity index (χ2v) is 6.34. The third-order valence-electron chi connectivity index (χ3n) is 4.42. The van der Waals surface area contributed by atoms with Crippen molar-refractivity contribution in [1.29, 1.82) is 0 Å². The van der Waals surface area contributed by atoms with Gasteiger partial charge in [0, 0.05) is 19.1 Å². The van der Waals surface area contributed by atoms with Crippen molar-refractivity contribution in [1.82, 2.24) is 4.90 Å². The summed E-state index contributed by atoms with van der Waals surface area (Å²) in [6.45, 7) is 7.47. The molecule has 0 aliphatic carbocycles. The zero-order valence-electron chi connectivity index (χ0n) is 12.6. The lowest BCUT2D eigenvalue weighted by Crippen LogP contribution is -2.32. The topological polar surface area (TPSA) is 38.5 Å². The summed E-state index contributed by atoms with van der Waals surface area (Å²) in [7, 11) is 1.63. The number of halogens is 1. The average Bonchev–Trinajstić information content (AvgIpc) is 2.89. The summed E-state index contributed by atoms with van der Waals surface area (Å²) in [4.78, 5) is 2.49. The highest BCUT2D eigenvalue weighted by molar-refractivity contribution is 6.32. The van der Waals surface area contributed by atoms with Crippen LogP contribution in [-0.2, 0) is 0 Å². The van der Waals surface area contributed by atoms with E-state index in [0.29, 0.717) is 17.3 Å². The van der Waals surface area contributed by atoms with Gasteiger partial charge < -0.3 is 10.5 Å².